The van der Waals surface area contributed by atoms with E-state index in [0.29, 0.717) is 0 Å². The van der Waals surface area contributed by atoms with Gasteiger partial charge in [0.15, 0.2) is 0 Å². The lowest BCUT2D eigenvalue weighted by atomic mass is 10.0. The number of phosphoric acid groups is 1. The van der Waals surface area contributed by atoms with Crippen molar-refractivity contribution in [3.8, 4) is 0 Å². The SMILES string of the molecule is O=P(O)(O)OC[C@@H](O)[C@@H](O)[C@@H](O)[C@H](O)CO. The summed E-state index contributed by atoms with van der Waals surface area (Å²) < 4.78 is 14.1. The molecule has 9 nitrogen and oxygen atoms in total. The van der Waals surface area contributed by atoms with Crippen LogP contribution in [-0.4, -0.2) is 72.9 Å². The van der Waals surface area contributed by atoms with E-state index in [0.717, 1.165) is 0 Å². The van der Waals surface area contributed by atoms with Gasteiger partial charge in [0, 0.05) is 0 Å². The van der Waals surface area contributed by atoms with Crippen molar-refractivity contribution in [2.45, 2.75) is 24.4 Å². The molecule has 10 heteroatoms. The van der Waals surface area contributed by atoms with E-state index in [1.165, 1.54) is 0 Å². The molecule has 7 N–H and O–H groups in total. The third-order valence-electron chi connectivity index (χ3n) is 1.74. The van der Waals surface area contributed by atoms with Crippen LogP contribution in [0.2, 0.25) is 0 Å². The fourth-order valence-electron chi connectivity index (χ4n) is 0.835. The maximum atomic E-state index is 10.2. The summed E-state index contributed by atoms with van der Waals surface area (Å²) in [4.78, 5) is 16.6. The molecule has 0 aliphatic carbocycles. The van der Waals surface area contributed by atoms with Crippen LogP contribution in [0.15, 0.2) is 0 Å². The van der Waals surface area contributed by atoms with Crippen LogP contribution < -0.4 is 0 Å². The van der Waals surface area contributed by atoms with E-state index in [4.69, 9.17) is 30.2 Å². The van der Waals surface area contributed by atoms with Gasteiger partial charge in [-0.3, -0.25) is 4.52 Å². The van der Waals surface area contributed by atoms with Crippen molar-refractivity contribution in [2.24, 2.45) is 0 Å². The highest BCUT2D eigenvalue weighted by atomic mass is 31.2. The van der Waals surface area contributed by atoms with E-state index in [1.54, 1.807) is 0 Å². The summed E-state index contributed by atoms with van der Waals surface area (Å²) in [5.74, 6) is 0. The minimum absolute atomic E-state index is 0.843. The van der Waals surface area contributed by atoms with Crippen molar-refractivity contribution in [1.29, 1.82) is 0 Å². The van der Waals surface area contributed by atoms with E-state index < -0.39 is 45.5 Å². The monoisotopic (exact) mass is 262 g/mol. The Bertz CT molecular complexity index is 240. The first kappa shape index (κ1) is 15.9. The van der Waals surface area contributed by atoms with Gasteiger partial charge in [-0.05, 0) is 0 Å². The summed E-state index contributed by atoms with van der Waals surface area (Å²) in [6.45, 7) is -1.77. The van der Waals surface area contributed by atoms with E-state index in [1.807, 2.05) is 0 Å². The second-order valence-corrected chi connectivity index (χ2v) is 4.32. The molecule has 0 amide bonds. The van der Waals surface area contributed by atoms with Crippen molar-refractivity contribution < 1.29 is 44.4 Å². The molecule has 0 heterocycles. The number of aliphatic hydroxyl groups excluding tert-OH is 5. The fourth-order valence-corrected chi connectivity index (χ4v) is 1.18. The Hall–Kier alpha value is -0.0900. The summed E-state index contributed by atoms with van der Waals surface area (Å²) in [6, 6.07) is 0. The Kier molecular flexibility index (Phi) is 6.56. The van der Waals surface area contributed by atoms with E-state index >= 15 is 0 Å². The van der Waals surface area contributed by atoms with Crippen LogP contribution in [0, 0.1) is 0 Å². The summed E-state index contributed by atoms with van der Waals surface area (Å²) >= 11 is 0. The number of phosphoric ester groups is 1. The van der Waals surface area contributed by atoms with Crippen molar-refractivity contribution >= 4 is 7.82 Å². The molecule has 0 aliphatic heterocycles. The van der Waals surface area contributed by atoms with Crippen LogP contribution in [-0.2, 0) is 9.09 Å². The molecule has 0 aromatic heterocycles. The number of hydrogen-bond acceptors (Lipinski definition) is 7. The molecule has 0 radical (unpaired) electrons. The zero-order chi connectivity index (χ0) is 12.9. The molecule has 0 spiro atoms. The molecule has 4 atom stereocenters. The van der Waals surface area contributed by atoms with Gasteiger partial charge in [0.1, 0.15) is 24.4 Å². The van der Waals surface area contributed by atoms with Crippen molar-refractivity contribution in [1.82, 2.24) is 0 Å². The second-order valence-electron chi connectivity index (χ2n) is 3.08. The predicted octanol–water partition coefficient (Wildman–Crippen LogP) is -3.47. The van der Waals surface area contributed by atoms with Crippen LogP contribution >= 0.6 is 7.82 Å². The molecule has 0 saturated carbocycles. The van der Waals surface area contributed by atoms with Crippen molar-refractivity contribution in [3.63, 3.8) is 0 Å². The van der Waals surface area contributed by atoms with Crippen LogP contribution in [0.25, 0.3) is 0 Å². The minimum atomic E-state index is -4.78. The zero-order valence-electron chi connectivity index (χ0n) is 8.12. The quantitative estimate of drug-likeness (QED) is 0.230. The van der Waals surface area contributed by atoms with Gasteiger partial charge in [0.25, 0.3) is 0 Å². The highest BCUT2D eigenvalue weighted by Crippen LogP contribution is 2.35. The van der Waals surface area contributed by atoms with Gasteiger partial charge < -0.3 is 35.3 Å². The van der Waals surface area contributed by atoms with Gasteiger partial charge in [0.2, 0.25) is 0 Å². The first-order valence-corrected chi connectivity index (χ1v) is 5.75. The number of aliphatic hydroxyl groups is 5. The van der Waals surface area contributed by atoms with Crippen LogP contribution in [0.1, 0.15) is 0 Å². The molecular weight excluding hydrogens is 247 g/mol. The van der Waals surface area contributed by atoms with Crippen LogP contribution in [0.5, 0.6) is 0 Å². The third-order valence-corrected chi connectivity index (χ3v) is 2.22. The predicted molar refractivity (Wildman–Crippen MR) is 49.1 cm³/mol. The average Bonchev–Trinajstić information content (AvgIpc) is 2.21. The van der Waals surface area contributed by atoms with Crippen molar-refractivity contribution in [3.05, 3.63) is 0 Å². The molecule has 0 aromatic carbocycles. The maximum Gasteiger partial charge on any atom is 0.469 e. The summed E-state index contributed by atoms with van der Waals surface area (Å²) in [5, 5.41) is 44.8. The van der Waals surface area contributed by atoms with Gasteiger partial charge in [-0.1, -0.05) is 0 Å². The molecule has 16 heavy (non-hydrogen) atoms. The molecule has 0 saturated heterocycles. The van der Waals surface area contributed by atoms with Gasteiger partial charge in [-0.15, -0.1) is 0 Å². The largest absolute Gasteiger partial charge is 0.469 e. The molecule has 98 valence electrons. The van der Waals surface area contributed by atoms with Gasteiger partial charge in [0.05, 0.1) is 13.2 Å². The summed E-state index contributed by atoms with van der Waals surface area (Å²) in [5.41, 5.74) is 0. The van der Waals surface area contributed by atoms with Crippen LogP contribution in [0.4, 0.5) is 0 Å². The van der Waals surface area contributed by atoms with Gasteiger partial charge in [-0.2, -0.15) is 0 Å². The van der Waals surface area contributed by atoms with E-state index in [2.05, 4.69) is 4.52 Å². The fraction of sp³-hybridized carbons (Fsp3) is 1.00. The lowest BCUT2D eigenvalue weighted by Gasteiger charge is -2.25. The smallest absolute Gasteiger partial charge is 0.394 e. The Balaban J connectivity index is 4.17. The Labute approximate surface area is 90.8 Å². The lowest BCUT2D eigenvalue weighted by molar-refractivity contribution is -0.122. The van der Waals surface area contributed by atoms with Gasteiger partial charge >= 0.3 is 7.82 Å². The highest BCUT2D eigenvalue weighted by molar-refractivity contribution is 7.46. The average molecular weight is 262 g/mol. The Morgan fingerprint density at radius 2 is 1.44 bits per heavy atom. The van der Waals surface area contributed by atoms with Crippen LogP contribution in [0.3, 0.4) is 0 Å². The van der Waals surface area contributed by atoms with Crippen molar-refractivity contribution in [2.75, 3.05) is 13.2 Å². The highest BCUT2D eigenvalue weighted by Gasteiger charge is 2.31. The lowest BCUT2D eigenvalue weighted by Crippen LogP contribution is -2.47. The molecule has 0 aliphatic rings. The first-order valence-electron chi connectivity index (χ1n) is 4.22. The molecule has 0 fully saturated rings. The zero-order valence-corrected chi connectivity index (χ0v) is 9.01. The first-order chi connectivity index (χ1) is 7.19. The maximum absolute atomic E-state index is 10.2. The topological polar surface area (TPSA) is 168 Å². The molecular formula is C6H15O9P. The second kappa shape index (κ2) is 6.60. The number of rotatable bonds is 7. The van der Waals surface area contributed by atoms with Gasteiger partial charge in [-0.25, -0.2) is 4.57 Å². The Morgan fingerprint density at radius 1 is 1.00 bits per heavy atom. The summed E-state index contributed by atoms with van der Waals surface area (Å²) in [7, 11) is -4.78. The minimum Gasteiger partial charge on any atom is -0.394 e. The normalized spacial score (nSPS) is 20.2. The third kappa shape index (κ3) is 5.85. The molecule has 0 bridgehead atoms. The molecule has 0 aromatic rings. The van der Waals surface area contributed by atoms with E-state index in [9.17, 15) is 9.67 Å². The molecule has 0 rings (SSSR count). The Morgan fingerprint density at radius 3 is 1.81 bits per heavy atom. The number of hydrogen-bond donors (Lipinski definition) is 7. The standard InChI is InChI=1S/C6H15O9P/c7-1-3(8)5(10)6(11)4(9)2-15-16(12,13)14/h3-11H,1-2H2,(H2,12,13,14)/t3-,4-,5+,6-/m1/s1. The molecule has 0 unspecified atom stereocenters. The summed E-state index contributed by atoms with van der Waals surface area (Å²) in [6.07, 6.45) is -7.27. The van der Waals surface area contributed by atoms with E-state index in [-0.39, 0.29) is 0 Å².